The number of fused-ring (bicyclic) bond motifs is 2. The van der Waals surface area contributed by atoms with Gasteiger partial charge in [0.15, 0.2) is 11.3 Å². The third-order valence-electron chi connectivity index (χ3n) is 4.54. The summed E-state index contributed by atoms with van der Waals surface area (Å²) in [5.41, 5.74) is 2.39. The first-order valence-corrected chi connectivity index (χ1v) is 8.55. The summed E-state index contributed by atoms with van der Waals surface area (Å²) >= 11 is 0. The van der Waals surface area contributed by atoms with E-state index in [1.165, 1.54) is 4.68 Å². The van der Waals surface area contributed by atoms with E-state index < -0.39 is 0 Å². The molecule has 4 rings (SSSR count). The van der Waals surface area contributed by atoms with Crippen LogP contribution in [0.1, 0.15) is 31.9 Å². The van der Waals surface area contributed by atoms with E-state index in [1.54, 1.807) is 12.1 Å². The van der Waals surface area contributed by atoms with Gasteiger partial charge in [0.05, 0.1) is 6.54 Å². The van der Waals surface area contributed by atoms with E-state index in [-0.39, 0.29) is 22.6 Å². The molecule has 0 fully saturated rings. The third-order valence-corrected chi connectivity index (χ3v) is 4.54. The molecule has 0 bridgehead atoms. The number of phenolic OH excluding ortho intramolecular Hbond substituents is 1. The molecule has 2 heterocycles. The lowest BCUT2D eigenvalue weighted by atomic mass is 9.86. The summed E-state index contributed by atoms with van der Waals surface area (Å²) in [6, 6.07) is 15.1. The van der Waals surface area contributed by atoms with Crippen molar-refractivity contribution in [3.63, 3.8) is 0 Å². The zero-order valence-corrected chi connectivity index (χ0v) is 15.0. The van der Waals surface area contributed by atoms with Crippen LogP contribution in [-0.4, -0.2) is 14.9 Å². The molecule has 2 aliphatic rings. The molecule has 5 heteroatoms. The lowest BCUT2D eigenvalue weighted by molar-refractivity contribution is 0.458. The van der Waals surface area contributed by atoms with Crippen molar-refractivity contribution in [1.29, 1.82) is 0 Å². The first-order chi connectivity index (χ1) is 12.3. The molecule has 0 unspecified atom stereocenters. The van der Waals surface area contributed by atoms with E-state index in [0.29, 0.717) is 23.1 Å². The molecular formula is C21H20N2O3. The second kappa shape index (κ2) is 5.73. The van der Waals surface area contributed by atoms with E-state index >= 15 is 0 Å². The first kappa shape index (κ1) is 16.4. The lowest BCUT2D eigenvalue weighted by Crippen LogP contribution is -2.17. The van der Waals surface area contributed by atoms with Gasteiger partial charge in [0.2, 0.25) is 5.89 Å². The molecule has 2 aromatic rings. The van der Waals surface area contributed by atoms with Crippen molar-refractivity contribution in [3.8, 4) is 17.2 Å². The van der Waals surface area contributed by atoms with Gasteiger partial charge in [-0.05, 0) is 34.7 Å². The molecule has 0 radical (unpaired) electrons. The SMILES string of the molecule is CC(C)(C)c1cc(O)c2oc3nn(Cc4ccccc4)c(=O)c-3cc2c1. The Morgan fingerprint density at radius 1 is 1.12 bits per heavy atom. The standard InChI is InChI=1S/C21H20N2O3/c1-21(2,3)15-9-14-10-16-19(26-18(14)17(24)11-15)22-23(20(16)25)12-13-7-5-4-6-8-13/h4-11,24H,12H2,1-3H3. The Balaban J connectivity index is 1.89. The van der Waals surface area contributed by atoms with Gasteiger partial charge in [-0.15, -0.1) is 5.10 Å². The fourth-order valence-electron chi connectivity index (χ4n) is 3.04. The Labute approximate surface area is 150 Å². The van der Waals surface area contributed by atoms with E-state index in [4.69, 9.17) is 4.42 Å². The maximum atomic E-state index is 12.7. The number of hydrogen-bond donors (Lipinski definition) is 1. The van der Waals surface area contributed by atoms with Crippen LogP contribution in [0.15, 0.2) is 57.7 Å². The molecule has 2 aromatic carbocycles. The summed E-state index contributed by atoms with van der Waals surface area (Å²) in [5.74, 6) is 0.289. The van der Waals surface area contributed by atoms with E-state index in [9.17, 15) is 9.90 Å². The number of aromatic hydroxyl groups is 1. The topological polar surface area (TPSA) is 68.3 Å². The number of aromatic nitrogens is 2. The number of hydrogen-bond acceptors (Lipinski definition) is 4. The van der Waals surface area contributed by atoms with Crippen LogP contribution in [0.5, 0.6) is 5.75 Å². The van der Waals surface area contributed by atoms with E-state index in [2.05, 4.69) is 25.9 Å². The molecular weight excluding hydrogens is 328 g/mol. The molecule has 0 atom stereocenters. The van der Waals surface area contributed by atoms with Gasteiger partial charge >= 0.3 is 0 Å². The summed E-state index contributed by atoms with van der Waals surface area (Å²) < 4.78 is 7.15. The van der Waals surface area contributed by atoms with Crippen molar-refractivity contribution in [2.45, 2.75) is 32.7 Å². The van der Waals surface area contributed by atoms with Crippen LogP contribution in [0.25, 0.3) is 22.4 Å². The molecule has 26 heavy (non-hydrogen) atoms. The fourth-order valence-corrected chi connectivity index (χ4v) is 3.04. The Bertz CT molecular complexity index is 1120. The van der Waals surface area contributed by atoms with Crippen molar-refractivity contribution in [2.75, 3.05) is 0 Å². The Morgan fingerprint density at radius 2 is 1.85 bits per heavy atom. The average Bonchev–Trinajstić information content (AvgIpc) is 2.89. The highest BCUT2D eigenvalue weighted by Gasteiger charge is 2.22. The fraction of sp³-hybridized carbons (Fsp3) is 0.238. The maximum absolute atomic E-state index is 12.7. The maximum Gasteiger partial charge on any atom is 0.279 e. The zero-order chi connectivity index (χ0) is 18.5. The van der Waals surface area contributed by atoms with E-state index in [0.717, 1.165) is 11.1 Å². The molecule has 0 saturated heterocycles. The first-order valence-electron chi connectivity index (χ1n) is 8.55. The van der Waals surface area contributed by atoms with Crippen LogP contribution in [0.3, 0.4) is 0 Å². The van der Waals surface area contributed by atoms with Crippen molar-refractivity contribution in [3.05, 3.63) is 70.0 Å². The molecule has 0 amide bonds. The van der Waals surface area contributed by atoms with Crippen LogP contribution in [0.4, 0.5) is 0 Å². The van der Waals surface area contributed by atoms with Gasteiger partial charge in [-0.3, -0.25) is 4.79 Å². The molecule has 0 saturated carbocycles. The number of phenols is 1. The highest BCUT2D eigenvalue weighted by atomic mass is 16.4. The highest BCUT2D eigenvalue weighted by Crippen LogP contribution is 2.35. The van der Waals surface area contributed by atoms with Crippen molar-refractivity contribution >= 4 is 11.0 Å². The summed E-state index contributed by atoms with van der Waals surface area (Å²) in [6.07, 6.45) is 0. The molecule has 0 aliphatic carbocycles. The van der Waals surface area contributed by atoms with Gasteiger partial charge in [0.1, 0.15) is 5.56 Å². The third kappa shape index (κ3) is 2.75. The van der Waals surface area contributed by atoms with Gasteiger partial charge in [0.25, 0.3) is 5.56 Å². The van der Waals surface area contributed by atoms with Crippen LogP contribution < -0.4 is 5.56 Å². The Hall–Kier alpha value is -3.08. The molecule has 5 nitrogen and oxygen atoms in total. The summed E-state index contributed by atoms with van der Waals surface area (Å²) in [5, 5.41) is 15.4. The van der Waals surface area contributed by atoms with Crippen LogP contribution in [-0.2, 0) is 12.0 Å². The number of rotatable bonds is 2. The normalized spacial score (nSPS) is 12.1. The molecule has 132 valence electrons. The van der Waals surface area contributed by atoms with E-state index in [1.807, 2.05) is 36.4 Å². The monoisotopic (exact) mass is 348 g/mol. The quantitative estimate of drug-likeness (QED) is 0.591. The minimum absolute atomic E-state index is 0.0550. The second-order valence-corrected chi connectivity index (χ2v) is 7.58. The largest absolute Gasteiger partial charge is 0.504 e. The molecule has 2 aliphatic heterocycles. The average molecular weight is 348 g/mol. The smallest absolute Gasteiger partial charge is 0.279 e. The highest BCUT2D eigenvalue weighted by molar-refractivity contribution is 5.87. The minimum Gasteiger partial charge on any atom is -0.504 e. The van der Waals surface area contributed by atoms with Gasteiger partial charge in [-0.1, -0.05) is 51.1 Å². The summed E-state index contributed by atoms with van der Waals surface area (Å²) in [7, 11) is 0. The number of benzene rings is 2. The van der Waals surface area contributed by atoms with Crippen LogP contribution >= 0.6 is 0 Å². The second-order valence-electron chi connectivity index (χ2n) is 7.58. The predicted octanol–water partition coefficient (Wildman–Crippen LogP) is 4.15. The molecule has 0 spiro atoms. The predicted molar refractivity (Wildman–Crippen MR) is 101 cm³/mol. The van der Waals surface area contributed by atoms with Gasteiger partial charge < -0.3 is 9.52 Å². The molecule has 0 aromatic heterocycles. The van der Waals surface area contributed by atoms with Crippen molar-refractivity contribution in [1.82, 2.24) is 9.78 Å². The molecule has 1 N–H and O–H groups in total. The summed E-state index contributed by atoms with van der Waals surface area (Å²) in [6.45, 7) is 6.58. The van der Waals surface area contributed by atoms with Gasteiger partial charge in [0, 0.05) is 5.39 Å². The minimum atomic E-state index is -0.199. The lowest BCUT2D eigenvalue weighted by Gasteiger charge is -2.19. The van der Waals surface area contributed by atoms with Crippen LogP contribution in [0.2, 0.25) is 0 Å². The number of nitrogens with zero attached hydrogens (tertiary/aromatic N) is 2. The van der Waals surface area contributed by atoms with Crippen molar-refractivity contribution < 1.29 is 9.52 Å². The Morgan fingerprint density at radius 3 is 2.54 bits per heavy atom. The Kier molecular flexibility index (Phi) is 3.61. The zero-order valence-electron chi connectivity index (χ0n) is 15.0. The van der Waals surface area contributed by atoms with Crippen LogP contribution in [0, 0.1) is 0 Å². The van der Waals surface area contributed by atoms with Crippen molar-refractivity contribution in [2.24, 2.45) is 0 Å². The summed E-state index contributed by atoms with van der Waals surface area (Å²) in [4.78, 5) is 12.7. The van der Waals surface area contributed by atoms with Gasteiger partial charge in [-0.25, -0.2) is 4.68 Å². The van der Waals surface area contributed by atoms with Gasteiger partial charge in [-0.2, -0.15) is 0 Å².